The molecule has 2 aromatic heterocycles. The molecule has 3 aromatic rings. The maximum atomic E-state index is 12.8. The molecule has 0 spiro atoms. The van der Waals surface area contributed by atoms with Crippen molar-refractivity contribution in [3.05, 3.63) is 68.7 Å². The number of halogens is 1. The lowest BCUT2D eigenvalue weighted by molar-refractivity contribution is 0.0703. The number of ether oxygens (including phenoxy) is 1. The Morgan fingerprint density at radius 1 is 1.07 bits per heavy atom. The lowest BCUT2D eigenvalue weighted by Gasteiger charge is -2.33. The zero-order chi connectivity index (χ0) is 21.1. The molecule has 1 amide bonds. The highest BCUT2D eigenvalue weighted by molar-refractivity contribution is 7.91. The van der Waals surface area contributed by atoms with Gasteiger partial charge in [0.15, 0.2) is 0 Å². The Kier molecular flexibility index (Phi) is 6.45. The minimum atomic E-state index is -3.47. The first-order valence-corrected chi connectivity index (χ1v) is 12.8. The monoisotopic (exact) mass is 482 g/mol. The van der Waals surface area contributed by atoms with Gasteiger partial charge in [-0.1, -0.05) is 23.7 Å². The molecule has 158 valence electrons. The summed E-state index contributed by atoms with van der Waals surface area (Å²) in [7, 11) is -3.47. The third-order valence-electron chi connectivity index (χ3n) is 4.68. The summed E-state index contributed by atoms with van der Waals surface area (Å²) in [4.78, 5) is 15.2. The van der Waals surface area contributed by atoms with E-state index in [-0.39, 0.29) is 5.91 Å². The van der Waals surface area contributed by atoms with Crippen LogP contribution in [0.1, 0.15) is 15.2 Å². The lowest BCUT2D eigenvalue weighted by atomic mass is 10.3. The molecule has 6 nitrogen and oxygen atoms in total. The van der Waals surface area contributed by atoms with Crippen molar-refractivity contribution in [2.75, 3.05) is 26.2 Å². The summed E-state index contributed by atoms with van der Waals surface area (Å²) in [5, 5.41) is 4.25. The Labute approximate surface area is 188 Å². The van der Waals surface area contributed by atoms with Gasteiger partial charge in [0.25, 0.3) is 15.9 Å². The number of sulfonamides is 1. The largest absolute Gasteiger partial charge is 0.489 e. The van der Waals surface area contributed by atoms with E-state index in [9.17, 15) is 13.2 Å². The van der Waals surface area contributed by atoms with Gasteiger partial charge in [0, 0.05) is 36.8 Å². The third kappa shape index (κ3) is 4.70. The number of amides is 1. The first-order chi connectivity index (χ1) is 14.4. The number of piperazine rings is 1. The summed E-state index contributed by atoms with van der Waals surface area (Å²) in [6.07, 6.45) is 0. The van der Waals surface area contributed by atoms with Crippen LogP contribution in [-0.2, 0) is 16.6 Å². The highest BCUT2D eigenvalue weighted by atomic mass is 35.5. The fourth-order valence-corrected chi connectivity index (χ4v) is 6.72. The molecule has 30 heavy (non-hydrogen) atoms. The Balaban J connectivity index is 1.33. The number of hydrogen-bond donors (Lipinski definition) is 0. The summed E-state index contributed by atoms with van der Waals surface area (Å²) in [6, 6.07) is 12.3. The fourth-order valence-electron chi connectivity index (χ4n) is 3.11. The van der Waals surface area contributed by atoms with E-state index in [1.807, 2.05) is 23.6 Å². The van der Waals surface area contributed by atoms with E-state index >= 15 is 0 Å². The van der Waals surface area contributed by atoms with Gasteiger partial charge < -0.3 is 9.64 Å². The maximum Gasteiger partial charge on any atom is 0.264 e. The number of rotatable bonds is 6. The van der Waals surface area contributed by atoms with Crippen molar-refractivity contribution in [2.45, 2.75) is 10.8 Å². The maximum absolute atomic E-state index is 12.8. The molecule has 10 heteroatoms. The molecule has 1 saturated heterocycles. The van der Waals surface area contributed by atoms with E-state index in [4.69, 9.17) is 16.3 Å². The number of nitrogens with zero attached hydrogens (tertiary/aromatic N) is 2. The fraction of sp³-hybridized carbons (Fsp3) is 0.250. The van der Waals surface area contributed by atoms with Crippen LogP contribution >= 0.6 is 34.3 Å². The van der Waals surface area contributed by atoms with Crippen molar-refractivity contribution in [2.24, 2.45) is 0 Å². The predicted molar refractivity (Wildman–Crippen MR) is 119 cm³/mol. The number of benzene rings is 1. The van der Waals surface area contributed by atoms with Crippen molar-refractivity contribution in [1.29, 1.82) is 0 Å². The second-order valence-corrected chi connectivity index (χ2v) is 11.2. The summed E-state index contributed by atoms with van der Waals surface area (Å²) < 4.78 is 32.7. The third-order valence-corrected chi connectivity index (χ3v) is 9.15. The van der Waals surface area contributed by atoms with Crippen LogP contribution in [0.4, 0.5) is 0 Å². The van der Waals surface area contributed by atoms with Gasteiger partial charge in [0.2, 0.25) is 0 Å². The Bertz CT molecular complexity index is 1120. The SMILES string of the molecule is O=C(c1cc(COc2cccc(Cl)c2)cs1)N1CCN(S(=O)(=O)c2cccs2)CC1. The molecule has 0 unspecified atom stereocenters. The van der Waals surface area contributed by atoms with Crippen molar-refractivity contribution in [3.8, 4) is 5.75 Å². The van der Waals surface area contributed by atoms with Gasteiger partial charge >= 0.3 is 0 Å². The number of carbonyl (C=O) groups excluding carboxylic acids is 1. The second-order valence-electron chi connectivity index (χ2n) is 6.69. The quantitative estimate of drug-likeness (QED) is 0.528. The smallest absolute Gasteiger partial charge is 0.264 e. The molecule has 0 aliphatic carbocycles. The van der Waals surface area contributed by atoms with E-state index in [1.54, 1.807) is 34.5 Å². The average Bonchev–Trinajstić information content (AvgIpc) is 3.44. The van der Waals surface area contributed by atoms with E-state index in [2.05, 4.69) is 0 Å². The molecular weight excluding hydrogens is 464 g/mol. The van der Waals surface area contributed by atoms with Crippen LogP contribution in [0.3, 0.4) is 0 Å². The number of thiophene rings is 2. The molecule has 1 fully saturated rings. The Morgan fingerprint density at radius 3 is 2.57 bits per heavy atom. The molecule has 3 heterocycles. The molecule has 0 bridgehead atoms. The number of carbonyl (C=O) groups is 1. The van der Waals surface area contributed by atoms with Crippen LogP contribution in [0, 0.1) is 0 Å². The average molecular weight is 483 g/mol. The van der Waals surface area contributed by atoms with E-state index < -0.39 is 10.0 Å². The van der Waals surface area contributed by atoms with Crippen LogP contribution in [0.25, 0.3) is 0 Å². The van der Waals surface area contributed by atoms with Crippen LogP contribution < -0.4 is 4.74 Å². The standard InChI is InChI=1S/C20H19ClN2O4S3/c21-16-3-1-4-17(12-16)27-13-15-11-18(29-14-15)20(24)22-6-8-23(9-7-22)30(25,26)19-5-2-10-28-19/h1-5,10-12,14H,6-9,13H2. The van der Waals surface area contributed by atoms with E-state index in [1.165, 1.54) is 27.0 Å². The van der Waals surface area contributed by atoms with E-state index in [0.717, 1.165) is 5.56 Å². The summed E-state index contributed by atoms with van der Waals surface area (Å²) in [5.41, 5.74) is 0.905. The second kappa shape index (κ2) is 9.07. The van der Waals surface area contributed by atoms with Gasteiger partial charge in [0.1, 0.15) is 16.6 Å². The van der Waals surface area contributed by atoms with Gasteiger partial charge in [0.05, 0.1) is 4.88 Å². The summed E-state index contributed by atoms with van der Waals surface area (Å²) in [5.74, 6) is 0.590. The van der Waals surface area contributed by atoms with Gasteiger partial charge in [-0.05, 0) is 41.1 Å². The highest BCUT2D eigenvalue weighted by Gasteiger charge is 2.31. The van der Waals surface area contributed by atoms with Gasteiger partial charge in [-0.2, -0.15) is 4.31 Å². The van der Waals surface area contributed by atoms with Gasteiger partial charge in [-0.3, -0.25) is 4.79 Å². The predicted octanol–water partition coefficient (Wildman–Crippen LogP) is 4.19. The highest BCUT2D eigenvalue weighted by Crippen LogP contribution is 2.24. The Hall–Kier alpha value is -1.91. The van der Waals surface area contributed by atoms with Crippen molar-refractivity contribution < 1.29 is 17.9 Å². The zero-order valence-electron chi connectivity index (χ0n) is 15.9. The topological polar surface area (TPSA) is 66.9 Å². The summed E-state index contributed by atoms with van der Waals surface area (Å²) in [6.45, 7) is 1.67. The van der Waals surface area contributed by atoms with Crippen molar-refractivity contribution in [3.63, 3.8) is 0 Å². The number of hydrogen-bond acceptors (Lipinski definition) is 6. The molecule has 1 aromatic carbocycles. The van der Waals surface area contributed by atoms with Crippen molar-refractivity contribution >= 4 is 50.2 Å². The van der Waals surface area contributed by atoms with Crippen LogP contribution in [0.5, 0.6) is 5.75 Å². The van der Waals surface area contributed by atoms with Crippen LogP contribution in [0.2, 0.25) is 5.02 Å². The minimum absolute atomic E-state index is 0.0813. The van der Waals surface area contributed by atoms with Crippen LogP contribution in [0.15, 0.2) is 57.4 Å². The molecule has 4 rings (SSSR count). The molecule has 0 radical (unpaired) electrons. The first-order valence-electron chi connectivity index (χ1n) is 9.22. The van der Waals surface area contributed by atoms with Crippen molar-refractivity contribution in [1.82, 2.24) is 9.21 Å². The first kappa shape index (κ1) is 21.3. The molecule has 1 aliphatic rings. The Morgan fingerprint density at radius 2 is 1.87 bits per heavy atom. The lowest BCUT2D eigenvalue weighted by Crippen LogP contribution is -2.50. The molecule has 1 aliphatic heterocycles. The molecule has 0 atom stereocenters. The minimum Gasteiger partial charge on any atom is -0.489 e. The molecule has 0 saturated carbocycles. The zero-order valence-corrected chi connectivity index (χ0v) is 19.1. The van der Waals surface area contributed by atoms with Crippen LogP contribution in [-0.4, -0.2) is 49.7 Å². The van der Waals surface area contributed by atoms with Gasteiger partial charge in [-0.25, -0.2) is 8.42 Å². The molecule has 0 N–H and O–H groups in total. The van der Waals surface area contributed by atoms with E-state index in [0.29, 0.717) is 52.6 Å². The molecular formula is C20H19ClN2O4S3. The normalized spacial score (nSPS) is 15.3. The summed E-state index contributed by atoms with van der Waals surface area (Å²) >= 11 is 8.53. The van der Waals surface area contributed by atoms with Gasteiger partial charge in [-0.15, -0.1) is 22.7 Å².